The summed E-state index contributed by atoms with van der Waals surface area (Å²) in [6.07, 6.45) is 0.529. The number of carbonyl (C=O) groups excluding carboxylic acids is 1. The van der Waals surface area contributed by atoms with Gasteiger partial charge in [0, 0.05) is 5.69 Å². The van der Waals surface area contributed by atoms with E-state index in [1.165, 1.54) is 7.11 Å². The van der Waals surface area contributed by atoms with Gasteiger partial charge in [0.05, 0.1) is 7.11 Å². The second kappa shape index (κ2) is 8.85. The van der Waals surface area contributed by atoms with Crippen molar-refractivity contribution in [1.82, 2.24) is 9.97 Å². The minimum absolute atomic E-state index is 0.109. The summed E-state index contributed by atoms with van der Waals surface area (Å²) in [6.45, 7) is 5.94. The molecule has 0 aliphatic carbocycles. The van der Waals surface area contributed by atoms with Crippen LogP contribution in [0.5, 0.6) is 5.88 Å². The molecule has 0 aliphatic heterocycles. The Morgan fingerprint density at radius 2 is 2.11 bits per heavy atom. The fourth-order valence-electron chi connectivity index (χ4n) is 2.58. The molecule has 0 bridgehead atoms. The number of nitrogens with one attached hydrogen (secondary N) is 2. The van der Waals surface area contributed by atoms with Gasteiger partial charge in [-0.3, -0.25) is 4.79 Å². The van der Waals surface area contributed by atoms with Gasteiger partial charge in [-0.15, -0.1) is 0 Å². The van der Waals surface area contributed by atoms with Crippen molar-refractivity contribution in [3.63, 3.8) is 0 Å². The van der Waals surface area contributed by atoms with Gasteiger partial charge in [-0.1, -0.05) is 26.0 Å². The Morgan fingerprint density at radius 1 is 1.37 bits per heavy atom. The second-order valence-corrected chi connectivity index (χ2v) is 6.62. The summed E-state index contributed by atoms with van der Waals surface area (Å²) in [5.74, 6) is 0.303. The van der Waals surface area contributed by atoms with Gasteiger partial charge in [-0.25, -0.2) is 0 Å². The van der Waals surface area contributed by atoms with Crippen molar-refractivity contribution in [3.05, 3.63) is 35.4 Å². The van der Waals surface area contributed by atoms with E-state index in [4.69, 9.17) is 10.5 Å². The minimum atomic E-state index is -0.630. The van der Waals surface area contributed by atoms with Crippen molar-refractivity contribution in [2.45, 2.75) is 33.2 Å². The minimum Gasteiger partial charge on any atom is -0.480 e. The Morgan fingerprint density at radius 3 is 2.67 bits per heavy atom. The molecule has 0 spiro atoms. The van der Waals surface area contributed by atoms with Crippen molar-refractivity contribution in [2.24, 2.45) is 11.7 Å². The van der Waals surface area contributed by atoms with Crippen molar-refractivity contribution in [1.29, 1.82) is 5.26 Å². The van der Waals surface area contributed by atoms with Gasteiger partial charge in [0.2, 0.25) is 17.7 Å². The molecular weight excluding hydrogens is 344 g/mol. The molecule has 1 aromatic carbocycles. The smallest absolute Gasteiger partial charge is 0.240 e. The van der Waals surface area contributed by atoms with Crippen LogP contribution in [0.3, 0.4) is 0 Å². The van der Waals surface area contributed by atoms with Crippen LogP contribution in [0, 0.1) is 24.2 Å². The van der Waals surface area contributed by atoms with Crippen LogP contribution >= 0.6 is 0 Å². The molecule has 142 valence electrons. The number of primary amides is 1. The maximum atomic E-state index is 11.7. The molecule has 2 aromatic rings. The number of aryl methyl sites for hydroxylation is 1. The fraction of sp³-hybridized carbons (Fsp3) is 0.368. The van der Waals surface area contributed by atoms with E-state index in [9.17, 15) is 10.1 Å². The maximum absolute atomic E-state index is 11.7. The van der Waals surface area contributed by atoms with Crippen molar-refractivity contribution in [3.8, 4) is 11.9 Å². The Labute approximate surface area is 158 Å². The van der Waals surface area contributed by atoms with E-state index in [2.05, 4.69) is 26.7 Å². The van der Waals surface area contributed by atoms with Crippen LogP contribution < -0.4 is 21.1 Å². The molecule has 1 aromatic heterocycles. The first-order chi connectivity index (χ1) is 12.8. The van der Waals surface area contributed by atoms with Crippen molar-refractivity contribution >= 4 is 23.4 Å². The average Bonchev–Trinajstić information content (AvgIpc) is 2.60. The summed E-state index contributed by atoms with van der Waals surface area (Å²) in [6, 6.07) is 9.07. The lowest BCUT2D eigenvalue weighted by atomic mass is 10.0. The van der Waals surface area contributed by atoms with Crippen LogP contribution in [-0.4, -0.2) is 29.0 Å². The summed E-state index contributed by atoms with van der Waals surface area (Å²) in [5, 5.41) is 15.6. The van der Waals surface area contributed by atoms with Crippen LogP contribution in [0.15, 0.2) is 24.3 Å². The number of aromatic nitrogens is 2. The maximum Gasteiger partial charge on any atom is 0.240 e. The molecule has 1 heterocycles. The lowest BCUT2D eigenvalue weighted by Crippen LogP contribution is -2.37. The Hall–Kier alpha value is -3.34. The Kier molecular flexibility index (Phi) is 6.55. The van der Waals surface area contributed by atoms with Crippen LogP contribution in [-0.2, 0) is 4.79 Å². The van der Waals surface area contributed by atoms with Gasteiger partial charge < -0.3 is 21.1 Å². The Bertz CT molecular complexity index is 860. The molecule has 0 unspecified atom stereocenters. The molecule has 0 aliphatic rings. The number of nitrogens with zero attached hydrogens (tertiary/aromatic N) is 3. The number of nitriles is 1. The predicted molar refractivity (Wildman–Crippen MR) is 104 cm³/mol. The number of rotatable bonds is 8. The van der Waals surface area contributed by atoms with E-state index in [1.54, 1.807) is 0 Å². The number of anilines is 3. The first-order valence-corrected chi connectivity index (χ1v) is 8.59. The van der Waals surface area contributed by atoms with E-state index in [0.29, 0.717) is 6.42 Å². The number of amides is 1. The predicted octanol–water partition coefficient (Wildman–Crippen LogP) is 2.72. The quantitative estimate of drug-likeness (QED) is 0.654. The van der Waals surface area contributed by atoms with Crippen LogP contribution in [0.4, 0.5) is 17.5 Å². The van der Waals surface area contributed by atoms with Crippen molar-refractivity contribution in [2.75, 3.05) is 17.7 Å². The third-order valence-corrected chi connectivity index (χ3v) is 3.82. The SMILES string of the molecule is COc1nc(N[C@H](CC(C)C)C(N)=O)nc(Nc2cccc(C)c2)c1C#N. The highest BCUT2D eigenvalue weighted by atomic mass is 16.5. The lowest BCUT2D eigenvalue weighted by Gasteiger charge is -2.19. The average molecular weight is 368 g/mol. The molecule has 1 amide bonds. The first-order valence-electron chi connectivity index (χ1n) is 8.59. The third kappa shape index (κ3) is 5.31. The number of hydrogen-bond donors (Lipinski definition) is 3. The highest BCUT2D eigenvalue weighted by Gasteiger charge is 2.21. The molecule has 8 nitrogen and oxygen atoms in total. The molecule has 8 heteroatoms. The zero-order valence-corrected chi connectivity index (χ0v) is 15.9. The zero-order valence-electron chi connectivity index (χ0n) is 15.9. The summed E-state index contributed by atoms with van der Waals surface area (Å²) in [7, 11) is 1.42. The standard InChI is InChI=1S/C19H24N6O2/c1-11(2)8-15(16(21)26)23-19-24-17(14(10-20)18(25-19)27-4)22-13-7-5-6-12(3)9-13/h5-7,9,11,15H,8H2,1-4H3,(H2,21,26)(H2,22,23,24,25)/t15-/m1/s1. The topological polar surface area (TPSA) is 126 Å². The highest BCUT2D eigenvalue weighted by molar-refractivity contribution is 5.82. The molecular formula is C19H24N6O2. The van der Waals surface area contributed by atoms with E-state index < -0.39 is 11.9 Å². The van der Waals surface area contributed by atoms with E-state index >= 15 is 0 Å². The second-order valence-electron chi connectivity index (χ2n) is 6.62. The van der Waals surface area contributed by atoms with Crippen LogP contribution in [0.25, 0.3) is 0 Å². The normalized spacial score (nSPS) is 11.6. The molecule has 0 saturated heterocycles. The number of nitrogens with two attached hydrogens (primary N) is 1. The molecule has 0 saturated carbocycles. The van der Waals surface area contributed by atoms with Crippen molar-refractivity contribution < 1.29 is 9.53 Å². The number of benzene rings is 1. The third-order valence-electron chi connectivity index (χ3n) is 3.82. The van der Waals surface area contributed by atoms with Gasteiger partial charge >= 0.3 is 0 Å². The molecule has 2 rings (SSSR count). The number of carbonyl (C=O) groups is 1. The number of hydrogen-bond acceptors (Lipinski definition) is 7. The van der Waals surface area contributed by atoms with E-state index in [0.717, 1.165) is 11.3 Å². The van der Waals surface area contributed by atoms with E-state index in [-0.39, 0.29) is 29.1 Å². The number of methoxy groups -OCH3 is 1. The van der Waals surface area contributed by atoms with Gasteiger partial charge in [0.15, 0.2) is 11.4 Å². The molecule has 27 heavy (non-hydrogen) atoms. The van der Waals surface area contributed by atoms with Gasteiger partial charge in [-0.2, -0.15) is 15.2 Å². The summed E-state index contributed by atoms with van der Waals surface area (Å²) in [5.41, 5.74) is 7.48. The van der Waals surface area contributed by atoms with E-state index in [1.807, 2.05) is 45.0 Å². The fourth-order valence-corrected chi connectivity index (χ4v) is 2.58. The molecule has 4 N–H and O–H groups in total. The Balaban J connectivity index is 2.42. The summed E-state index contributed by atoms with van der Waals surface area (Å²) < 4.78 is 5.23. The monoisotopic (exact) mass is 368 g/mol. The van der Waals surface area contributed by atoms with Crippen LogP contribution in [0.2, 0.25) is 0 Å². The molecule has 0 radical (unpaired) electrons. The first kappa shape index (κ1) is 20.0. The summed E-state index contributed by atoms with van der Waals surface area (Å²) in [4.78, 5) is 20.3. The molecule has 0 fully saturated rings. The molecule has 1 atom stereocenters. The van der Waals surface area contributed by atoms with Gasteiger partial charge in [-0.05, 0) is 37.0 Å². The largest absolute Gasteiger partial charge is 0.480 e. The lowest BCUT2D eigenvalue weighted by molar-refractivity contribution is -0.119. The van der Waals surface area contributed by atoms with Crippen LogP contribution in [0.1, 0.15) is 31.4 Å². The zero-order chi connectivity index (χ0) is 20.0. The highest BCUT2D eigenvalue weighted by Crippen LogP contribution is 2.27. The summed E-state index contributed by atoms with van der Waals surface area (Å²) >= 11 is 0. The van der Waals surface area contributed by atoms with Gasteiger partial charge in [0.1, 0.15) is 12.1 Å². The van der Waals surface area contributed by atoms with Gasteiger partial charge in [0.25, 0.3) is 0 Å². The number of ether oxygens (including phenoxy) is 1.